The van der Waals surface area contributed by atoms with E-state index < -0.39 is 0 Å². The molecule has 1 amide bonds. The molecular formula is C17H23N3OS. The molecule has 1 unspecified atom stereocenters. The number of aromatic nitrogens is 2. The molecule has 0 saturated carbocycles. The van der Waals surface area contributed by atoms with Gasteiger partial charge in [-0.05, 0) is 42.4 Å². The molecule has 0 aliphatic heterocycles. The number of carbonyl (C=O) groups is 1. The van der Waals surface area contributed by atoms with Gasteiger partial charge in [0.2, 0.25) is 5.91 Å². The highest BCUT2D eigenvalue weighted by atomic mass is 32.2. The van der Waals surface area contributed by atoms with Crippen molar-refractivity contribution in [3.63, 3.8) is 0 Å². The van der Waals surface area contributed by atoms with Gasteiger partial charge in [0.1, 0.15) is 0 Å². The first kappa shape index (κ1) is 16.6. The molecule has 0 fully saturated rings. The molecule has 1 aromatic heterocycles. The zero-order valence-electron chi connectivity index (χ0n) is 13.4. The van der Waals surface area contributed by atoms with Gasteiger partial charge in [-0.2, -0.15) is 5.10 Å². The highest BCUT2D eigenvalue weighted by Crippen LogP contribution is 2.20. The van der Waals surface area contributed by atoms with Gasteiger partial charge in [0.05, 0.1) is 12.2 Å². The van der Waals surface area contributed by atoms with Gasteiger partial charge in [0, 0.05) is 24.6 Å². The lowest BCUT2D eigenvalue weighted by molar-refractivity contribution is -0.121. The molecule has 1 N–H and O–H groups in total. The lowest BCUT2D eigenvalue weighted by Crippen LogP contribution is -2.26. The number of amides is 1. The van der Waals surface area contributed by atoms with Crippen molar-refractivity contribution < 1.29 is 4.79 Å². The maximum atomic E-state index is 12.0. The van der Waals surface area contributed by atoms with Crippen molar-refractivity contribution in [3.05, 3.63) is 47.8 Å². The van der Waals surface area contributed by atoms with Crippen LogP contribution in [0.1, 0.15) is 37.4 Å². The van der Waals surface area contributed by atoms with Crippen LogP contribution in [0.3, 0.4) is 0 Å². The Labute approximate surface area is 136 Å². The molecule has 22 heavy (non-hydrogen) atoms. The van der Waals surface area contributed by atoms with E-state index >= 15 is 0 Å². The lowest BCUT2D eigenvalue weighted by Gasteiger charge is -2.14. The van der Waals surface area contributed by atoms with E-state index in [1.807, 2.05) is 31.9 Å². The van der Waals surface area contributed by atoms with E-state index in [1.54, 1.807) is 10.9 Å². The maximum Gasteiger partial charge on any atom is 0.220 e. The van der Waals surface area contributed by atoms with Crippen LogP contribution in [0.15, 0.2) is 41.6 Å². The van der Waals surface area contributed by atoms with Crippen LogP contribution in [0.25, 0.3) is 0 Å². The predicted molar refractivity (Wildman–Crippen MR) is 90.9 cm³/mol. The van der Waals surface area contributed by atoms with Gasteiger partial charge >= 0.3 is 0 Å². The Morgan fingerprint density at radius 1 is 1.36 bits per heavy atom. The summed E-state index contributed by atoms with van der Waals surface area (Å²) in [6.45, 7) is 4.16. The van der Waals surface area contributed by atoms with E-state index in [1.165, 1.54) is 4.90 Å². The summed E-state index contributed by atoms with van der Waals surface area (Å²) in [7, 11) is 1.88. The summed E-state index contributed by atoms with van der Waals surface area (Å²) in [4.78, 5) is 13.3. The third-order valence-corrected chi connectivity index (χ3v) is 4.36. The Morgan fingerprint density at radius 3 is 2.68 bits per heavy atom. The molecule has 0 aliphatic rings. The highest BCUT2D eigenvalue weighted by Gasteiger charge is 2.10. The molecule has 0 bridgehead atoms. The molecule has 0 radical (unpaired) electrons. The molecule has 2 aromatic rings. The molecule has 0 spiro atoms. The van der Waals surface area contributed by atoms with Crippen LogP contribution in [0.4, 0.5) is 0 Å². The molecule has 0 saturated heterocycles. The molecule has 4 nitrogen and oxygen atoms in total. The van der Waals surface area contributed by atoms with Gasteiger partial charge in [0.15, 0.2) is 0 Å². The standard InChI is InChI=1S/C17H23N3OS/c1-4-22-16-8-6-15(7-9-16)13(2)19-17(21)10-5-14-11-18-20(3)12-14/h6-9,11-13H,4-5,10H2,1-3H3,(H,19,21). The smallest absolute Gasteiger partial charge is 0.220 e. The molecule has 5 heteroatoms. The van der Waals surface area contributed by atoms with E-state index in [2.05, 4.69) is 41.6 Å². The topological polar surface area (TPSA) is 46.9 Å². The largest absolute Gasteiger partial charge is 0.350 e. The quantitative estimate of drug-likeness (QED) is 0.797. The van der Waals surface area contributed by atoms with Gasteiger partial charge in [-0.15, -0.1) is 11.8 Å². The number of hydrogen-bond donors (Lipinski definition) is 1. The number of hydrogen-bond acceptors (Lipinski definition) is 3. The highest BCUT2D eigenvalue weighted by molar-refractivity contribution is 7.99. The minimum absolute atomic E-state index is 0.0297. The van der Waals surface area contributed by atoms with Crippen molar-refractivity contribution in [1.29, 1.82) is 0 Å². The second kappa shape index (κ2) is 8.03. The van der Waals surface area contributed by atoms with Gasteiger partial charge in [-0.25, -0.2) is 0 Å². The van der Waals surface area contributed by atoms with E-state index in [-0.39, 0.29) is 11.9 Å². The van der Waals surface area contributed by atoms with Crippen molar-refractivity contribution in [2.45, 2.75) is 37.6 Å². The van der Waals surface area contributed by atoms with Crippen LogP contribution in [0.2, 0.25) is 0 Å². The first-order valence-corrected chi connectivity index (χ1v) is 8.56. The summed E-state index contributed by atoms with van der Waals surface area (Å²) in [6.07, 6.45) is 4.96. The van der Waals surface area contributed by atoms with E-state index in [0.717, 1.165) is 23.3 Å². The van der Waals surface area contributed by atoms with E-state index in [9.17, 15) is 4.79 Å². The zero-order valence-corrected chi connectivity index (χ0v) is 14.2. The number of aryl methyl sites for hydroxylation is 2. The Balaban J connectivity index is 1.82. The second-order valence-corrected chi connectivity index (χ2v) is 6.65. The first-order chi connectivity index (χ1) is 10.6. The molecule has 1 heterocycles. The molecular weight excluding hydrogens is 294 g/mol. The van der Waals surface area contributed by atoms with Crippen molar-refractivity contribution in [3.8, 4) is 0 Å². The Bertz CT molecular complexity index is 607. The Morgan fingerprint density at radius 2 is 2.09 bits per heavy atom. The van der Waals surface area contributed by atoms with Crippen LogP contribution in [-0.4, -0.2) is 21.4 Å². The number of nitrogens with zero attached hydrogens (tertiary/aromatic N) is 2. The van der Waals surface area contributed by atoms with Crippen molar-refractivity contribution in [2.24, 2.45) is 7.05 Å². The first-order valence-electron chi connectivity index (χ1n) is 7.58. The molecule has 1 atom stereocenters. The maximum absolute atomic E-state index is 12.0. The van der Waals surface area contributed by atoms with E-state index in [0.29, 0.717) is 6.42 Å². The summed E-state index contributed by atoms with van der Waals surface area (Å²) < 4.78 is 1.76. The average Bonchev–Trinajstić information content (AvgIpc) is 2.92. The Hall–Kier alpha value is -1.75. The normalized spacial score (nSPS) is 12.1. The fourth-order valence-electron chi connectivity index (χ4n) is 2.28. The molecule has 0 aliphatic carbocycles. The van der Waals surface area contributed by atoms with Crippen LogP contribution in [-0.2, 0) is 18.3 Å². The predicted octanol–water partition coefficient (Wildman–Crippen LogP) is 3.34. The van der Waals surface area contributed by atoms with Gasteiger partial charge in [-0.3, -0.25) is 9.48 Å². The molecule has 2 rings (SSSR count). The SMILES string of the molecule is CCSc1ccc(C(C)NC(=O)CCc2cnn(C)c2)cc1. The van der Waals surface area contributed by atoms with Crippen LogP contribution < -0.4 is 5.32 Å². The van der Waals surface area contributed by atoms with Gasteiger partial charge in [-0.1, -0.05) is 19.1 Å². The van der Waals surface area contributed by atoms with Gasteiger partial charge in [0.25, 0.3) is 0 Å². The van der Waals surface area contributed by atoms with Crippen molar-refractivity contribution in [1.82, 2.24) is 15.1 Å². The monoisotopic (exact) mass is 317 g/mol. The second-order valence-electron chi connectivity index (χ2n) is 5.31. The summed E-state index contributed by atoms with van der Waals surface area (Å²) >= 11 is 1.82. The minimum atomic E-state index is 0.0297. The summed E-state index contributed by atoms with van der Waals surface area (Å²) in [5.41, 5.74) is 2.22. The fourth-order valence-corrected chi connectivity index (χ4v) is 2.94. The van der Waals surface area contributed by atoms with E-state index in [4.69, 9.17) is 0 Å². The average molecular weight is 317 g/mol. The summed E-state index contributed by atoms with van der Waals surface area (Å²) in [6, 6.07) is 8.43. The Kier molecular flexibility index (Phi) is 6.07. The lowest BCUT2D eigenvalue weighted by atomic mass is 10.1. The fraction of sp³-hybridized carbons (Fsp3) is 0.412. The number of nitrogens with one attached hydrogen (secondary N) is 1. The zero-order chi connectivity index (χ0) is 15.9. The third kappa shape index (κ3) is 4.91. The number of benzene rings is 1. The number of rotatable bonds is 7. The van der Waals surface area contributed by atoms with Crippen LogP contribution in [0.5, 0.6) is 0 Å². The third-order valence-electron chi connectivity index (χ3n) is 3.47. The van der Waals surface area contributed by atoms with Crippen LogP contribution >= 0.6 is 11.8 Å². The summed E-state index contributed by atoms with van der Waals surface area (Å²) in [5, 5.41) is 7.16. The van der Waals surface area contributed by atoms with Gasteiger partial charge < -0.3 is 5.32 Å². The summed E-state index contributed by atoms with van der Waals surface area (Å²) in [5.74, 6) is 1.14. The molecule has 118 valence electrons. The number of carbonyl (C=O) groups excluding carboxylic acids is 1. The minimum Gasteiger partial charge on any atom is -0.350 e. The van der Waals surface area contributed by atoms with Crippen molar-refractivity contribution >= 4 is 17.7 Å². The number of thioether (sulfide) groups is 1. The van der Waals surface area contributed by atoms with Crippen molar-refractivity contribution in [2.75, 3.05) is 5.75 Å². The van der Waals surface area contributed by atoms with Crippen LogP contribution in [0, 0.1) is 0 Å². The molecule has 1 aromatic carbocycles.